The molecule has 0 saturated heterocycles. The second-order valence-electron chi connectivity index (χ2n) is 2.88. The summed E-state index contributed by atoms with van der Waals surface area (Å²) in [5.74, 6) is -0.256. The van der Waals surface area contributed by atoms with Gasteiger partial charge in [0.1, 0.15) is 5.15 Å². The Morgan fingerprint density at radius 2 is 2.06 bits per heavy atom. The monoisotopic (exact) mass is 287 g/mol. The molecule has 0 bridgehead atoms. The summed E-state index contributed by atoms with van der Waals surface area (Å²) in [5.41, 5.74) is -0.108. The molecule has 2 aromatic heterocycles. The molecule has 0 radical (unpaired) electrons. The molecule has 0 amide bonds. The number of rotatable bonds is 1. The first kappa shape index (κ1) is 14.1. The van der Waals surface area contributed by atoms with Crippen LogP contribution in [-0.2, 0) is 0 Å². The Hall–Kier alpha value is -1.92. The van der Waals surface area contributed by atoms with Gasteiger partial charge >= 0.3 is 0 Å². The van der Waals surface area contributed by atoms with E-state index in [0.29, 0.717) is 11.3 Å². The zero-order valence-corrected chi connectivity index (χ0v) is 10.3. The number of hydrogen-bond acceptors (Lipinski definition) is 5. The fraction of sp³-hybridized carbons (Fsp3) is 0. The van der Waals surface area contributed by atoms with Gasteiger partial charge in [-0.25, -0.2) is 9.97 Å². The maximum Gasteiger partial charge on any atom is 0.254 e. The Morgan fingerprint density at radius 3 is 2.44 bits per heavy atom. The lowest BCUT2D eigenvalue weighted by Gasteiger charge is -1.94. The number of nitrogens with one attached hydrogen (secondary N) is 1. The number of H-pyrrole nitrogens is 1. The standard InChI is InChI=1S/C6H3Cl2NO.C4H4N2O2/c7-5-1-2-9-6(8)4(5)3-10;7-3-1-4(8)6-2-5-3/h1-3H;1-2H,(H2,5,6,7,8). The van der Waals surface area contributed by atoms with E-state index < -0.39 is 0 Å². The van der Waals surface area contributed by atoms with Crippen molar-refractivity contribution in [3.05, 3.63) is 50.7 Å². The third kappa shape index (κ3) is 4.15. The lowest BCUT2D eigenvalue weighted by atomic mass is 10.3. The van der Waals surface area contributed by atoms with Crippen LogP contribution in [0.25, 0.3) is 0 Å². The van der Waals surface area contributed by atoms with Gasteiger partial charge in [-0.2, -0.15) is 0 Å². The maximum absolute atomic E-state index is 10.2. The first-order chi connectivity index (χ1) is 8.54. The Morgan fingerprint density at radius 1 is 1.33 bits per heavy atom. The fourth-order valence-electron chi connectivity index (χ4n) is 0.889. The van der Waals surface area contributed by atoms with E-state index in [1.54, 1.807) is 0 Å². The average molecular weight is 288 g/mol. The summed E-state index contributed by atoms with van der Waals surface area (Å²) in [6.07, 6.45) is 3.16. The molecular formula is C10H7Cl2N3O3. The van der Waals surface area contributed by atoms with Crippen LogP contribution in [0, 0.1) is 0 Å². The highest BCUT2D eigenvalue weighted by Gasteiger charge is 2.03. The molecule has 18 heavy (non-hydrogen) atoms. The number of carbonyl (C=O) groups is 1. The van der Waals surface area contributed by atoms with Crippen molar-refractivity contribution in [1.82, 2.24) is 15.0 Å². The summed E-state index contributed by atoms with van der Waals surface area (Å²) in [6, 6.07) is 2.51. The van der Waals surface area contributed by atoms with E-state index in [2.05, 4.69) is 15.0 Å². The first-order valence-electron chi connectivity index (χ1n) is 4.53. The third-order valence-corrected chi connectivity index (χ3v) is 2.30. The lowest BCUT2D eigenvalue weighted by Crippen LogP contribution is -2.01. The summed E-state index contributed by atoms with van der Waals surface area (Å²) in [6.45, 7) is 0. The SMILES string of the molecule is O=Cc1c(Cl)ccnc1Cl.O=c1cc(O)nc[nH]1. The highest BCUT2D eigenvalue weighted by Crippen LogP contribution is 2.18. The molecule has 2 N–H and O–H groups in total. The van der Waals surface area contributed by atoms with Gasteiger partial charge in [0.15, 0.2) is 6.29 Å². The molecule has 0 saturated carbocycles. The molecule has 0 aliphatic rings. The largest absolute Gasteiger partial charge is 0.493 e. The molecule has 0 aliphatic carbocycles. The number of nitrogens with zero attached hydrogens (tertiary/aromatic N) is 2. The van der Waals surface area contributed by atoms with Crippen LogP contribution in [0.4, 0.5) is 0 Å². The molecule has 0 spiro atoms. The number of aldehydes is 1. The van der Waals surface area contributed by atoms with Gasteiger partial charge in [-0.1, -0.05) is 23.2 Å². The van der Waals surface area contributed by atoms with Gasteiger partial charge < -0.3 is 10.1 Å². The van der Waals surface area contributed by atoms with Crippen LogP contribution in [-0.4, -0.2) is 26.3 Å². The Bertz CT molecular complexity index is 581. The summed E-state index contributed by atoms with van der Waals surface area (Å²) in [4.78, 5) is 29.7. The minimum atomic E-state index is -0.350. The van der Waals surface area contributed by atoms with Gasteiger partial charge in [-0.15, -0.1) is 0 Å². The summed E-state index contributed by atoms with van der Waals surface area (Å²) in [7, 11) is 0. The lowest BCUT2D eigenvalue weighted by molar-refractivity contribution is 0.112. The van der Waals surface area contributed by atoms with Crippen molar-refractivity contribution in [2.45, 2.75) is 0 Å². The summed E-state index contributed by atoms with van der Waals surface area (Å²) >= 11 is 11.1. The summed E-state index contributed by atoms with van der Waals surface area (Å²) < 4.78 is 0. The highest BCUT2D eigenvalue weighted by atomic mass is 35.5. The van der Waals surface area contributed by atoms with Crippen LogP contribution >= 0.6 is 23.2 Å². The first-order valence-corrected chi connectivity index (χ1v) is 5.29. The number of aromatic hydroxyl groups is 1. The fourth-order valence-corrected chi connectivity index (χ4v) is 1.33. The normalized spacial score (nSPS) is 9.22. The van der Waals surface area contributed by atoms with E-state index in [9.17, 15) is 9.59 Å². The van der Waals surface area contributed by atoms with Crippen molar-refractivity contribution in [2.75, 3.05) is 0 Å². The molecule has 0 aromatic carbocycles. The zero-order chi connectivity index (χ0) is 13.5. The van der Waals surface area contributed by atoms with E-state index >= 15 is 0 Å². The van der Waals surface area contributed by atoms with Crippen molar-refractivity contribution in [3.8, 4) is 5.88 Å². The number of aromatic amines is 1. The Balaban J connectivity index is 0.000000184. The van der Waals surface area contributed by atoms with Gasteiger partial charge in [0.05, 0.1) is 23.0 Å². The summed E-state index contributed by atoms with van der Waals surface area (Å²) in [5, 5.41) is 8.95. The molecule has 2 rings (SSSR count). The highest BCUT2D eigenvalue weighted by molar-refractivity contribution is 6.37. The van der Waals surface area contributed by atoms with E-state index in [1.165, 1.54) is 12.3 Å². The number of hydrogen-bond donors (Lipinski definition) is 2. The van der Waals surface area contributed by atoms with Crippen LogP contribution in [0.3, 0.4) is 0 Å². The predicted octanol–water partition coefficient (Wildman–Crippen LogP) is 1.68. The number of pyridine rings is 1. The quantitative estimate of drug-likeness (QED) is 0.614. The van der Waals surface area contributed by atoms with E-state index in [1.807, 2.05) is 0 Å². The molecular weight excluding hydrogens is 281 g/mol. The van der Waals surface area contributed by atoms with E-state index in [4.69, 9.17) is 28.3 Å². The van der Waals surface area contributed by atoms with Gasteiger partial charge in [0, 0.05) is 6.20 Å². The smallest absolute Gasteiger partial charge is 0.254 e. The predicted molar refractivity (Wildman–Crippen MR) is 66.2 cm³/mol. The number of halogens is 2. The second kappa shape index (κ2) is 6.73. The van der Waals surface area contributed by atoms with Crippen LogP contribution in [0.1, 0.15) is 10.4 Å². The van der Waals surface area contributed by atoms with Gasteiger partial charge in [0.25, 0.3) is 5.56 Å². The average Bonchev–Trinajstić information content (AvgIpc) is 2.29. The van der Waals surface area contributed by atoms with Gasteiger partial charge in [-0.05, 0) is 6.07 Å². The molecule has 6 nitrogen and oxygen atoms in total. The molecule has 0 aliphatic heterocycles. The maximum atomic E-state index is 10.2. The molecule has 2 aromatic rings. The van der Waals surface area contributed by atoms with Crippen LogP contribution in [0.15, 0.2) is 29.5 Å². The molecule has 0 fully saturated rings. The van der Waals surface area contributed by atoms with E-state index in [0.717, 1.165) is 12.4 Å². The second-order valence-corrected chi connectivity index (χ2v) is 3.65. The van der Waals surface area contributed by atoms with Crippen molar-refractivity contribution in [2.24, 2.45) is 0 Å². The van der Waals surface area contributed by atoms with Gasteiger partial charge in [-0.3, -0.25) is 9.59 Å². The molecule has 94 valence electrons. The van der Waals surface area contributed by atoms with Gasteiger partial charge in [0.2, 0.25) is 5.88 Å². The number of carbonyl (C=O) groups excluding carboxylic acids is 1. The van der Waals surface area contributed by atoms with Crippen LogP contribution < -0.4 is 5.56 Å². The molecule has 0 unspecified atom stereocenters. The van der Waals surface area contributed by atoms with Crippen molar-refractivity contribution in [3.63, 3.8) is 0 Å². The van der Waals surface area contributed by atoms with Crippen molar-refractivity contribution >= 4 is 29.5 Å². The minimum Gasteiger partial charge on any atom is -0.493 e. The Labute approximate surface area is 111 Å². The topological polar surface area (TPSA) is 95.9 Å². The molecule has 8 heteroatoms. The third-order valence-electron chi connectivity index (χ3n) is 1.67. The minimum absolute atomic E-state index is 0.141. The Kier molecular flexibility index (Phi) is 5.29. The van der Waals surface area contributed by atoms with Crippen molar-refractivity contribution in [1.29, 1.82) is 0 Å². The van der Waals surface area contributed by atoms with Crippen LogP contribution in [0.2, 0.25) is 10.2 Å². The zero-order valence-electron chi connectivity index (χ0n) is 8.80. The number of aromatic nitrogens is 3. The molecule has 0 atom stereocenters. The van der Waals surface area contributed by atoms with E-state index in [-0.39, 0.29) is 22.2 Å². The van der Waals surface area contributed by atoms with Crippen LogP contribution in [0.5, 0.6) is 5.88 Å². The van der Waals surface area contributed by atoms with Crippen molar-refractivity contribution < 1.29 is 9.90 Å². The molecule has 2 heterocycles.